The topological polar surface area (TPSA) is 99.0 Å². The summed E-state index contributed by atoms with van der Waals surface area (Å²) in [5.74, 6) is -0.264. The van der Waals surface area contributed by atoms with E-state index in [0.29, 0.717) is 22.6 Å². The van der Waals surface area contributed by atoms with Gasteiger partial charge in [-0.2, -0.15) is 5.10 Å². The zero-order valence-corrected chi connectivity index (χ0v) is 11.0. The first kappa shape index (κ1) is 12.9. The molecular formula is C13H17N5O. The molecule has 0 unspecified atom stereocenters. The van der Waals surface area contributed by atoms with Gasteiger partial charge in [0.2, 0.25) is 0 Å². The van der Waals surface area contributed by atoms with E-state index in [9.17, 15) is 4.79 Å². The predicted molar refractivity (Wildman–Crippen MR) is 75.8 cm³/mol. The number of carbonyl (C=O) groups excluding carboxylic acids is 1. The number of amides is 1. The molecule has 0 fully saturated rings. The lowest BCUT2D eigenvalue weighted by molar-refractivity contribution is 0.102. The normalized spacial score (nSPS) is 10.4. The van der Waals surface area contributed by atoms with Gasteiger partial charge in [-0.1, -0.05) is 6.92 Å². The van der Waals surface area contributed by atoms with Crippen LogP contribution in [0.4, 0.5) is 17.1 Å². The zero-order valence-electron chi connectivity index (χ0n) is 11.0. The van der Waals surface area contributed by atoms with Gasteiger partial charge in [-0.15, -0.1) is 0 Å². The van der Waals surface area contributed by atoms with Crippen LogP contribution in [0.15, 0.2) is 24.4 Å². The number of rotatable bonds is 3. The second-order valence-corrected chi connectivity index (χ2v) is 4.32. The maximum absolute atomic E-state index is 12.2. The molecule has 1 heterocycles. The molecule has 0 bridgehead atoms. The first-order chi connectivity index (χ1) is 9.01. The minimum atomic E-state index is -0.264. The van der Waals surface area contributed by atoms with E-state index in [2.05, 4.69) is 10.4 Å². The number of carbonyl (C=O) groups is 1. The van der Waals surface area contributed by atoms with Crippen LogP contribution in [-0.2, 0) is 13.5 Å². The average molecular weight is 259 g/mol. The van der Waals surface area contributed by atoms with Gasteiger partial charge in [-0.05, 0) is 24.6 Å². The molecule has 1 aromatic carbocycles. The summed E-state index contributed by atoms with van der Waals surface area (Å²) >= 11 is 0. The fourth-order valence-electron chi connectivity index (χ4n) is 1.88. The Morgan fingerprint density at radius 1 is 1.42 bits per heavy atom. The van der Waals surface area contributed by atoms with Crippen LogP contribution >= 0.6 is 0 Å². The van der Waals surface area contributed by atoms with E-state index in [0.717, 1.165) is 12.1 Å². The molecule has 0 aliphatic carbocycles. The van der Waals surface area contributed by atoms with Crippen molar-refractivity contribution in [2.75, 3.05) is 16.8 Å². The standard InChI is InChI=1S/C13H17N5O/c1-3-11-12(7-18(2)17-11)16-13(19)9-5-4-8(14)6-10(9)15/h4-7H,3,14-15H2,1-2H3,(H,16,19). The molecule has 1 aromatic heterocycles. The number of benzene rings is 1. The minimum Gasteiger partial charge on any atom is -0.399 e. The summed E-state index contributed by atoms with van der Waals surface area (Å²) in [6, 6.07) is 4.83. The van der Waals surface area contributed by atoms with E-state index < -0.39 is 0 Å². The van der Waals surface area contributed by atoms with Gasteiger partial charge in [0.1, 0.15) is 0 Å². The number of aromatic nitrogens is 2. The summed E-state index contributed by atoms with van der Waals surface area (Å²) in [4.78, 5) is 12.2. The van der Waals surface area contributed by atoms with E-state index in [1.807, 2.05) is 14.0 Å². The number of nitrogens with two attached hydrogens (primary N) is 2. The highest BCUT2D eigenvalue weighted by molar-refractivity contribution is 6.08. The zero-order chi connectivity index (χ0) is 14.0. The van der Waals surface area contributed by atoms with Crippen molar-refractivity contribution < 1.29 is 4.79 Å². The van der Waals surface area contributed by atoms with Crippen LogP contribution in [0.25, 0.3) is 0 Å². The number of hydrogen-bond donors (Lipinski definition) is 3. The SMILES string of the molecule is CCc1nn(C)cc1NC(=O)c1ccc(N)cc1N. The molecule has 0 saturated heterocycles. The summed E-state index contributed by atoms with van der Waals surface area (Å²) in [6.07, 6.45) is 2.51. The summed E-state index contributed by atoms with van der Waals surface area (Å²) in [6.45, 7) is 1.98. The molecule has 0 aliphatic heterocycles. The van der Waals surface area contributed by atoms with Crippen LogP contribution in [0.3, 0.4) is 0 Å². The first-order valence-corrected chi connectivity index (χ1v) is 6.00. The fraction of sp³-hybridized carbons (Fsp3) is 0.231. The van der Waals surface area contributed by atoms with Gasteiger partial charge < -0.3 is 16.8 Å². The van der Waals surface area contributed by atoms with Crippen molar-refractivity contribution in [2.45, 2.75) is 13.3 Å². The van der Waals surface area contributed by atoms with E-state index in [1.54, 1.807) is 29.1 Å². The van der Waals surface area contributed by atoms with Crippen LogP contribution in [0.1, 0.15) is 23.0 Å². The molecule has 100 valence electrons. The van der Waals surface area contributed by atoms with Crippen LogP contribution < -0.4 is 16.8 Å². The molecular weight excluding hydrogens is 242 g/mol. The summed E-state index contributed by atoms with van der Waals surface area (Å²) < 4.78 is 1.67. The molecule has 0 spiro atoms. The third-order valence-electron chi connectivity index (χ3n) is 2.81. The minimum absolute atomic E-state index is 0.264. The molecule has 0 atom stereocenters. The molecule has 6 nitrogen and oxygen atoms in total. The van der Waals surface area contributed by atoms with Gasteiger partial charge in [0, 0.05) is 24.6 Å². The highest BCUT2D eigenvalue weighted by atomic mass is 16.1. The number of nitrogen functional groups attached to an aromatic ring is 2. The Labute approximate surface area is 111 Å². The van der Waals surface area contributed by atoms with Crippen LogP contribution in [0.2, 0.25) is 0 Å². The maximum Gasteiger partial charge on any atom is 0.257 e. The van der Waals surface area contributed by atoms with Gasteiger partial charge in [0.15, 0.2) is 0 Å². The highest BCUT2D eigenvalue weighted by Gasteiger charge is 2.13. The van der Waals surface area contributed by atoms with Crippen molar-refractivity contribution >= 4 is 23.0 Å². The molecule has 6 heteroatoms. The van der Waals surface area contributed by atoms with Crippen molar-refractivity contribution in [1.29, 1.82) is 0 Å². The average Bonchev–Trinajstić information content (AvgIpc) is 2.69. The molecule has 2 rings (SSSR count). The molecule has 0 radical (unpaired) electrons. The Balaban J connectivity index is 2.25. The Morgan fingerprint density at radius 2 is 2.16 bits per heavy atom. The number of nitrogens with one attached hydrogen (secondary N) is 1. The smallest absolute Gasteiger partial charge is 0.257 e. The fourth-order valence-corrected chi connectivity index (χ4v) is 1.88. The van der Waals surface area contributed by atoms with Crippen LogP contribution in [0, 0.1) is 0 Å². The second-order valence-electron chi connectivity index (χ2n) is 4.32. The van der Waals surface area contributed by atoms with Crippen molar-refractivity contribution in [2.24, 2.45) is 7.05 Å². The lowest BCUT2D eigenvalue weighted by Gasteiger charge is -2.07. The van der Waals surface area contributed by atoms with E-state index in [4.69, 9.17) is 11.5 Å². The van der Waals surface area contributed by atoms with Crippen LogP contribution in [0.5, 0.6) is 0 Å². The Morgan fingerprint density at radius 3 is 2.79 bits per heavy atom. The van der Waals surface area contributed by atoms with Gasteiger partial charge in [-0.3, -0.25) is 9.48 Å². The number of hydrogen-bond acceptors (Lipinski definition) is 4. The van der Waals surface area contributed by atoms with Crippen molar-refractivity contribution in [1.82, 2.24) is 9.78 Å². The molecule has 0 aliphatic rings. The van der Waals surface area contributed by atoms with E-state index in [1.165, 1.54) is 0 Å². The van der Waals surface area contributed by atoms with E-state index >= 15 is 0 Å². The number of anilines is 3. The molecule has 0 saturated carbocycles. The maximum atomic E-state index is 12.2. The quantitative estimate of drug-likeness (QED) is 0.725. The first-order valence-electron chi connectivity index (χ1n) is 6.00. The van der Waals surface area contributed by atoms with Gasteiger partial charge in [-0.25, -0.2) is 0 Å². The van der Waals surface area contributed by atoms with Crippen molar-refractivity contribution in [3.63, 3.8) is 0 Å². The summed E-state index contributed by atoms with van der Waals surface area (Å²) in [7, 11) is 1.81. The Bertz CT molecular complexity index is 617. The number of nitrogens with zero attached hydrogens (tertiary/aromatic N) is 2. The molecule has 19 heavy (non-hydrogen) atoms. The largest absolute Gasteiger partial charge is 0.399 e. The van der Waals surface area contributed by atoms with Crippen molar-refractivity contribution in [3.05, 3.63) is 35.7 Å². The Kier molecular flexibility index (Phi) is 3.41. The second kappa shape index (κ2) is 5.01. The third-order valence-corrected chi connectivity index (χ3v) is 2.81. The molecule has 2 aromatic rings. The third kappa shape index (κ3) is 2.67. The summed E-state index contributed by atoms with van der Waals surface area (Å²) in [5, 5.41) is 7.08. The molecule has 5 N–H and O–H groups in total. The van der Waals surface area contributed by atoms with Crippen LogP contribution in [-0.4, -0.2) is 15.7 Å². The lowest BCUT2D eigenvalue weighted by Crippen LogP contribution is -2.14. The van der Waals surface area contributed by atoms with E-state index in [-0.39, 0.29) is 5.91 Å². The molecule has 1 amide bonds. The van der Waals surface area contributed by atoms with Crippen molar-refractivity contribution in [3.8, 4) is 0 Å². The highest BCUT2D eigenvalue weighted by Crippen LogP contribution is 2.19. The monoisotopic (exact) mass is 259 g/mol. The predicted octanol–water partition coefficient (Wildman–Crippen LogP) is 1.40. The summed E-state index contributed by atoms with van der Waals surface area (Å²) in [5.41, 5.74) is 14.2. The van der Waals surface area contributed by atoms with Gasteiger partial charge in [0.05, 0.1) is 16.9 Å². The van der Waals surface area contributed by atoms with Gasteiger partial charge in [0.25, 0.3) is 5.91 Å². The van der Waals surface area contributed by atoms with Gasteiger partial charge >= 0.3 is 0 Å². The Hall–Kier alpha value is -2.50. The number of aryl methyl sites for hydroxylation is 2. The lowest BCUT2D eigenvalue weighted by atomic mass is 10.1.